The van der Waals surface area contributed by atoms with Crippen molar-refractivity contribution in [3.63, 3.8) is 0 Å². The summed E-state index contributed by atoms with van der Waals surface area (Å²) in [5, 5.41) is 6.32. The molecule has 2 aliphatic rings. The number of benzene rings is 1. The van der Waals surface area contributed by atoms with Crippen molar-refractivity contribution in [2.24, 2.45) is 5.92 Å². The van der Waals surface area contributed by atoms with Crippen LogP contribution in [0.15, 0.2) is 18.2 Å². The van der Waals surface area contributed by atoms with E-state index in [-0.39, 0.29) is 17.9 Å². The first-order valence-electron chi connectivity index (χ1n) is 7.18. The maximum absolute atomic E-state index is 12.3. The number of fused-ring (bicyclic) bond motifs is 1. The Kier molecular flexibility index (Phi) is 3.78. The smallest absolute Gasteiger partial charge is 0.229 e. The molecule has 1 saturated heterocycles. The van der Waals surface area contributed by atoms with E-state index in [4.69, 9.17) is 9.47 Å². The van der Waals surface area contributed by atoms with Crippen LogP contribution in [0.1, 0.15) is 19.8 Å². The van der Waals surface area contributed by atoms with Crippen LogP contribution >= 0.6 is 0 Å². The van der Waals surface area contributed by atoms with Crippen LogP contribution in [0, 0.1) is 5.92 Å². The van der Waals surface area contributed by atoms with Gasteiger partial charge in [0.15, 0.2) is 11.5 Å². The zero-order valence-electron chi connectivity index (χ0n) is 11.6. The Balaban J connectivity index is 1.69. The van der Waals surface area contributed by atoms with Crippen LogP contribution in [0.3, 0.4) is 0 Å². The third-order valence-electron chi connectivity index (χ3n) is 3.91. The van der Waals surface area contributed by atoms with E-state index in [1.165, 1.54) is 0 Å². The Morgan fingerprint density at radius 2 is 2.10 bits per heavy atom. The van der Waals surface area contributed by atoms with Crippen molar-refractivity contribution in [3.05, 3.63) is 18.2 Å². The van der Waals surface area contributed by atoms with Gasteiger partial charge in [-0.25, -0.2) is 0 Å². The number of rotatable bonds is 2. The van der Waals surface area contributed by atoms with Gasteiger partial charge in [0.25, 0.3) is 0 Å². The highest BCUT2D eigenvalue weighted by molar-refractivity contribution is 5.93. The molecule has 2 N–H and O–H groups in total. The molecule has 1 fully saturated rings. The molecule has 0 aromatic heterocycles. The summed E-state index contributed by atoms with van der Waals surface area (Å²) >= 11 is 0. The number of carbonyl (C=O) groups excluding carboxylic acids is 1. The zero-order chi connectivity index (χ0) is 13.9. The number of carbonyl (C=O) groups is 1. The van der Waals surface area contributed by atoms with E-state index < -0.39 is 0 Å². The third-order valence-corrected chi connectivity index (χ3v) is 3.91. The van der Waals surface area contributed by atoms with Crippen LogP contribution in [0.2, 0.25) is 0 Å². The van der Waals surface area contributed by atoms with E-state index in [1.807, 2.05) is 18.2 Å². The number of ether oxygens (including phenoxy) is 2. The molecule has 3 rings (SSSR count). The summed E-state index contributed by atoms with van der Waals surface area (Å²) in [6.45, 7) is 4.18. The largest absolute Gasteiger partial charge is 0.486 e. The molecule has 2 unspecified atom stereocenters. The summed E-state index contributed by atoms with van der Waals surface area (Å²) < 4.78 is 11.0. The highest BCUT2D eigenvalue weighted by Crippen LogP contribution is 2.33. The van der Waals surface area contributed by atoms with Gasteiger partial charge in [0.1, 0.15) is 13.2 Å². The molecular weight excluding hydrogens is 256 g/mol. The lowest BCUT2D eigenvalue weighted by molar-refractivity contribution is -0.121. The Labute approximate surface area is 118 Å². The van der Waals surface area contributed by atoms with Crippen molar-refractivity contribution in [2.45, 2.75) is 25.8 Å². The fourth-order valence-electron chi connectivity index (χ4n) is 2.76. The molecule has 2 heterocycles. The normalized spacial score (nSPS) is 25.1. The number of hydrogen-bond acceptors (Lipinski definition) is 4. The minimum Gasteiger partial charge on any atom is -0.486 e. The molecule has 0 bridgehead atoms. The van der Waals surface area contributed by atoms with Gasteiger partial charge in [-0.05, 0) is 38.4 Å². The molecule has 2 aliphatic heterocycles. The Bertz CT molecular complexity index is 504. The molecule has 5 nitrogen and oxygen atoms in total. The summed E-state index contributed by atoms with van der Waals surface area (Å²) in [5.74, 6) is 1.53. The number of piperidine rings is 1. The predicted octanol–water partition coefficient (Wildman–Crippen LogP) is 1.78. The van der Waals surface area contributed by atoms with Crippen molar-refractivity contribution in [2.75, 3.05) is 25.1 Å². The molecule has 20 heavy (non-hydrogen) atoms. The minimum atomic E-state index is 0.0250. The van der Waals surface area contributed by atoms with Gasteiger partial charge in [-0.2, -0.15) is 0 Å². The predicted molar refractivity (Wildman–Crippen MR) is 76.3 cm³/mol. The van der Waals surface area contributed by atoms with Gasteiger partial charge >= 0.3 is 0 Å². The van der Waals surface area contributed by atoms with Crippen molar-refractivity contribution < 1.29 is 14.3 Å². The van der Waals surface area contributed by atoms with E-state index in [0.717, 1.165) is 30.8 Å². The summed E-state index contributed by atoms with van der Waals surface area (Å²) in [4.78, 5) is 12.3. The molecule has 0 aliphatic carbocycles. The maximum Gasteiger partial charge on any atom is 0.229 e. The number of amides is 1. The second kappa shape index (κ2) is 5.71. The van der Waals surface area contributed by atoms with Crippen molar-refractivity contribution in [3.8, 4) is 11.5 Å². The van der Waals surface area contributed by atoms with Crippen LogP contribution in [0.4, 0.5) is 5.69 Å². The second-order valence-corrected chi connectivity index (χ2v) is 5.34. The lowest BCUT2D eigenvalue weighted by atomic mass is 9.91. The number of hydrogen-bond donors (Lipinski definition) is 2. The van der Waals surface area contributed by atoms with Crippen LogP contribution < -0.4 is 20.1 Å². The SMILES string of the molecule is CC1NCCCC1C(=O)Nc1ccc2c(c1)OCCO2. The zero-order valence-corrected chi connectivity index (χ0v) is 11.6. The quantitative estimate of drug-likeness (QED) is 0.864. The summed E-state index contributed by atoms with van der Waals surface area (Å²) in [6.07, 6.45) is 1.98. The van der Waals surface area contributed by atoms with E-state index in [1.54, 1.807) is 0 Å². The fraction of sp³-hybridized carbons (Fsp3) is 0.533. The number of anilines is 1. The molecule has 108 valence electrons. The first kappa shape index (κ1) is 13.2. The Morgan fingerprint density at radius 1 is 1.30 bits per heavy atom. The lowest BCUT2D eigenvalue weighted by Crippen LogP contribution is -2.44. The van der Waals surface area contributed by atoms with Crippen LogP contribution in [-0.4, -0.2) is 31.7 Å². The molecule has 1 amide bonds. The second-order valence-electron chi connectivity index (χ2n) is 5.34. The molecule has 2 atom stereocenters. The first-order chi connectivity index (χ1) is 9.74. The van der Waals surface area contributed by atoms with Crippen LogP contribution in [0.5, 0.6) is 11.5 Å². The fourth-order valence-corrected chi connectivity index (χ4v) is 2.76. The van der Waals surface area contributed by atoms with Gasteiger partial charge in [0.2, 0.25) is 5.91 Å². The Morgan fingerprint density at radius 3 is 2.90 bits per heavy atom. The Hall–Kier alpha value is -1.75. The summed E-state index contributed by atoms with van der Waals surface area (Å²) in [6, 6.07) is 5.74. The summed E-state index contributed by atoms with van der Waals surface area (Å²) in [7, 11) is 0. The highest BCUT2D eigenvalue weighted by atomic mass is 16.6. The van der Waals surface area contributed by atoms with Gasteiger partial charge in [-0.15, -0.1) is 0 Å². The van der Waals surface area contributed by atoms with E-state index in [9.17, 15) is 4.79 Å². The standard InChI is InChI=1S/C15H20N2O3/c1-10-12(3-2-6-16-10)15(18)17-11-4-5-13-14(9-11)20-8-7-19-13/h4-5,9-10,12,16H,2-3,6-8H2,1H3,(H,17,18). The first-order valence-corrected chi connectivity index (χ1v) is 7.18. The van der Waals surface area contributed by atoms with Gasteiger partial charge in [-0.1, -0.05) is 0 Å². The third kappa shape index (κ3) is 2.72. The average molecular weight is 276 g/mol. The average Bonchev–Trinajstić information content (AvgIpc) is 2.47. The number of nitrogens with one attached hydrogen (secondary N) is 2. The minimum absolute atomic E-state index is 0.0250. The molecule has 0 saturated carbocycles. The van der Waals surface area contributed by atoms with Crippen LogP contribution in [-0.2, 0) is 4.79 Å². The van der Waals surface area contributed by atoms with E-state index in [2.05, 4.69) is 17.6 Å². The highest BCUT2D eigenvalue weighted by Gasteiger charge is 2.27. The van der Waals surface area contributed by atoms with Crippen molar-refractivity contribution >= 4 is 11.6 Å². The van der Waals surface area contributed by atoms with E-state index >= 15 is 0 Å². The van der Waals surface area contributed by atoms with Crippen molar-refractivity contribution in [1.82, 2.24) is 5.32 Å². The van der Waals surface area contributed by atoms with E-state index in [0.29, 0.717) is 19.0 Å². The van der Waals surface area contributed by atoms with Crippen LogP contribution in [0.25, 0.3) is 0 Å². The van der Waals surface area contributed by atoms with Gasteiger partial charge in [-0.3, -0.25) is 4.79 Å². The molecule has 1 aromatic carbocycles. The lowest BCUT2D eigenvalue weighted by Gasteiger charge is -2.29. The van der Waals surface area contributed by atoms with Gasteiger partial charge < -0.3 is 20.1 Å². The molecule has 5 heteroatoms. The molecular formula is C15H20N2O3. The maximum atomic E-state index is 12.3. The van der Waals surface area contributed by atoms with Crippen molar-refractivity contribution in [1.29, 1.82) is 0 Å². The molecule has 1 aromatic rings. The van der Waals surface area contributed by atoms with Gasteiger partial charge in [0, 0.05) is 17.8 Å². The summed E-state index contributed by atoms with van der Waals surface area (Å²) in [5.41, 5.74) is 0.761. The molecule has 0 radical (unpaired) electrons. The topological polar surface area (TPSA) is 59.6 Å². The monoisotopic (exact) mass is 276 g/mol. The molecule has 0 spiro atoms. The van der Waals surface area contributed by atoms with Gasteiger partial charge in [0.05, 0.1) is 5.92 Å².